The van der Waals surface area contributed by atoms with Crippen LogP contribution >= 0.6 is 0 Å². The molecular formula is C20H27N3O3. The van der Waals surface area contributed by atoms with Crippen molar-refractivity contribution in [1.82, 2.24) is 5.32 Å². The molecule has 26 heavy (non-hydrogen) atoms. The highest BCUT2D eigenvalue weighted by atomic mass is 16.2. The Morgan fingerprint density at radius 2 is 1.96 bits per heavy atom. The maximum Gasteiger partial charge on any atom is 0.313 e. The van der Waals surface area contributed by atoms with Crippen LogP contribution in [0.1, 0.15) is 51.0 Å². The Bertz CT molecular complexity index is 698. The Morgan fingerprint density at radius 1 is 1.15 bits per heavy atom. The first-order valence-corrected chi connectivity index (χ1v) is 9.63. The standard InChI is InChI=1S/C20H27N3O3/c1-2-3-4-11-21-18(24)19(25)22-16-10-9-14-6-5-12-23(17(14)13-16)20(26)15-7-8-15/h9-10,13,15H,2-8,11-12H2,1H3,(H,21,24)(H,22,25). The number of nitrogens with zero attached hydrogens (tertiary/aromatic N) is 1. The first-order chi connectivity index (χ1) is 12.6. The number of nitrogens with one attached hydrogen (secondary N) is 2. The molecule has 1 heterocycles. The van der Waals surface area contributed by atoms with Gasteiger partial charge in [0, 0.05) is 30.4 Å². The van der Waals surface area contributed by atoms with Gasteiger partial charge in [-0.05, 0) is 49.8 Å². The molecule has 1 aliphatic heterocycles. The maximum atomic E-state index is 12.5. The normalized spacial score (nSPS) is 16.0. The zero-order chi connectivity index (χ0) is 18.5. The number of hydrogen-bond donors (Lipinski definition) is 2. The van der Waals surface area contributed by atoms with Gasteiger partial charge < -0.3 is 15.5 Å². The molecule has 0 atom stereocenters. The van der Waals surface area contributed by atoms with E-state index in [1.165, 1.54) is 0 Å². The molecule has 1 fully saturated rings. The lowest BCUT2D eigenvalue weighted by Crippen LogP contribution is -2.37. The third kappa shape index (κ3) is 4.42. The van der Waals surface area contributed by atoms with Gasteiger partial charge in [-0.3, -0.25) is 14.4 Å². The van der Waals surface area contributed by atoms with Crippen LogP contribution in [0.3, 0.4) is 0 Å². The summed E-state index contributed by atoms with van der Waals surface area (Å²) in [6.45, 7) is 3.31. The Morgan fingerprint density at radius 3 is 2.69 bits per heavy atom. The fourth-order valence-corrected chi connectivity index (χ4v) is 3.28. The van der Waals surface area contributed by atoms with E-state index < -0.39 is 11.8 Å². The average molecular weight is 357 g/mol. The largest absolute Gasteiger partial charge is 0.348 e. The molecular weight excluding hydrogens is 330 g/mol. The van der Waals surface area contributed by atoms with Crippen LogP contribution in [0, 0.1) is 5.92 Å². The van der Waals surface area contributed by atoms with Gasteiger partial charge in [0.05, 0.1) is 0 Å². The highest BCUT2D eigenvalue weighted by Gasteiger charge is 2.35. The Balaban J connectivity index is 1.64. The summed E-state index contributed by atoms with van der Waals surface area (Å²) in [5.41, 5.74) is 2.54. The van der Waals surface area contributed by atoms with Gasteiger partial charge in [0.1, 0.15) is 0 Å². The van der Waals surface area contributed by atoms with E-state index in [1.54, 1.807) is 6.07 Å². The molecule has 3 amide bonds. The van der Waals surface area contributed by atoms with Gasteiger partial charge in [0.2, 0.25) is 5.91 Å². The maximum absolute atomic E-state index is 12.5. The van der Waals surface area contributed by atoms with Crippen molar-refractivity contribution in [2.45, 2.75) is 51.9 Å². The topological polar surface area (TPSA) is 78.5 Å². The first-order valence-electron chi connectivity index (χ1n) is 9.63. The van der Waals surface area contributed by atoms with Gasteiger partial charge in [-0.1, -0.05) is 25.8 Å². The van der Waals surface area contributed by atoms with Crippen molar-refractivity contribution < 1.29 is 14.4 Å². The summed E-state index contributed by atoms with van der Waals surface area (Å²) in [4.78, 5) is 38.3. The number of unbranched alkanes of at least 4 members (excludes halogenated alkanes) is 2. The number of benzene rings is 1. The average Bonchev–Trinajstić information content (AvgIpc) is 3.49. The zero-order valence-corrected chi connectivity index (χ0v) is 15.3. The molecule has 1 aliphatic carbocycles. The van der Waals surface area contributed by atoms with E-state index in [-0.39, 0.29) is 11.8 Å². The van der Waals surface area contributed by atoms with Crippen LogP contribution in [-0.2, 0) is 20.8 Å². The minimum absolute atomic E-state index is 0.160. The molecule has 0 aromatic heterocycles. The van der Waals surface area contributed by atoms with Crippen molar-refractivity contribution in [3.63, 3.8) is 0 Å². The van der Waals surface area contributed by atoms with E-state index in [0.29, 0.717) is 12.2 Å². The van der Waals surface area contributed by atoms with Gasteiger partial charge in [-0.2, -0.15) is 0 Å². The number of amides is 3. The molecule has 3 rings (SSSR count). The van der Waals surface area contributed by atoms with E-state index >= 15 is 0 Å². The van der Waals surface area contributed by atoms with Crippen LogP contribution < -0.4 is 15.5 Å². The number of anilines is 2. The van der Waals surface area contributed by atoms with Crippen molar-refractivity contribution in [3.8, 4) is 0 Å². The number of carbonyl (C=O) groups excluding carboxylic acids is 3. The van der Waals surface area contributed by atoms with Gasteiger partial charge in [-0.15, -0.1) is 0 Å². The Kier molecular flexibility index (Phi) is 5.91. The predicted octanol–water partition coefficient (Wildman–Crippen LogP) is 2.62. The lowest BCUT2D eigenvalue weighted by Gasteiger charge is -2.30. The summed E-state index contributed by atoms with van der Waals surface area (Å²) < 4.78 is 0. The van der Waals surface area contributed by atoms with Crippen molar-refractivity contribution in [2.24, 2.45) is 5.92 Å². The molecule has 6 nitrogen and oxygen atoms in total. The highest BCUT2D eigenvalue weighted by molar-refractivity contribution is 6.39. The summed E-state index contributed by atoms with van der Waals surface area (Å²) in [6, 6.07) is 5.56. The summed E-state index contributed by atoms with van der Waals surface area (Å²) in [5.74, 6) is -0.946. The van der Waals surface area contributed by atoms with E-state index in [4.69, 9.17) is 0 Å². The minimum Gasteiger partial charge on any atom is -0.348 e. The molecule has 0 unspecified atom stereocenters. The fraction of sp³-hybridized carbons (Fsp3) is 0.550. The van der Waals surface area contributed by atoms with Gasteiger partial charge in [0.25, 0.3) is 0 Å². The molecule has 0 bridgehead atoms. The smallest absolute Gasteiger partial charge is 0.313 e. The molecule has 140 valence electrons. The second kappa shape index (κ2) is 8.34. The predicted molar refractivity (Wildman–Crippen MR) is 101 cm³/mol. The van der Waals surface area contributed by atoms with E-state index in [9.17, 15) is 14.4 Å². The lowest BCUT2D eigenvalue weighted by molar-refractivity contribution is -0.136. The number of aryl methyl sites for hydroxylation is 1. The lowest BCUT2D eigenvalue weighted by atomic mass is 10.0. The third-order valence-corrected chi connectivity index (χ3v) is 4.93. The zero-order valence-electron chi connectivity index (χ0n) is 15.3. The van der Waals surface area contributed by atoms with Crippen LogP contribution in [0.15, 0.2) is 18.2 Å². The van der Waals surface area contributed by atoms with Crippen molar-refractivity contribution in [1.29, 1.82) is 0 Å². The molecule has 0 spiro atoms. The third-order valence-electron chi connectivity index (χ3n) is 4.93. The summed E-state index contributed by atoms with van der Waals surface area (Å²) in [6.07, 6.45) is 6.78. The molecule has 2 N–H and O–H groups in total. The molecule has 2 aliphatic rings. The minimum atomic E-state index is -0.669. The SMILES string of the molecule is CCCCCNC(=O)C(=O)Nc1ccc2c(c1)N(C(=O)C1CC1)CCC2. The number of rotatable bonds is 6. The van der Waals surface area contributed by atoms with Gasteiger partial charge >= 0.3 is 11.8 Å². The van der Waals surface area contributed by atoms with Crippen molar-refractivity contribution in [2.75, 3.05) is 23.3 Å². The van der Waals surface area contributed by atoms with Gasteiger partial charge in [-0.25, -0.2) is 0 Å². The van der Waals surface area contributed by atoms with E-state index in [0.717, 1.165) is 62.7 Å². The monoisotopic (exact) mass is 357 g/mol. The van der Waals surface area contributed by atoms with E-state index in [2.05, 4.69) is 17.6 Å². The number of carbonyl (C=O) groups is 3. The second-order valence-electron chi connectivity index (χ2n) is 7.13. The summed E-state index contributed by atoms with van der Waals surface area (Å²) in [5, 5.41) is 5.28. The van der Waals surface area contributed by atoms with E-state index in [1.807, 2.05) is 17.0 Å². The quantitative estimate of drug-likeness (QED) is 0.607. The number of fused-ring (bicyclic) bond motifs is 1. The summed E-state index contributed by atoms with van der Waals surface area (Å²) >= 11 is 0. The van der Waals surface area contributed by atoms with Crippen LogP contribution in [0.25, 0.3) is 0 Å². The highest BCUT2D eigenvalue weighted by Crippen LogP contribution is 2.36. The molecule has 1 aromatic rings. The van der Waals surface area contributed by atoms with Crippen LogP contribution in [0.5, 0.6) is 0 Å². The molecule has 1 aromatic carbocycles. The van der Waals surface area contributed by atoms with Crippen molar-refractivity contribution in [3.05, 3.63) is 23.8 Å². The molecule has 0 saturated heterocycles. The van der Waals surface area contributed by atoms with Crippen molar-refractivity contribution >= 4 is 29.1 Å². The van der Waals surface area contributed by atoms with Crippen LogP contribution in [0.2, 0.25) is 0 Å². The number of hydrogen-bond acceptors (Lipinski definition) is 3. The summed E-state index contributed by atoms with van der Waals surface area (Å²) in [7, 11) is 0. The van der Waals surface area contributed by atoms with Crippen LogP contribution in [0.4, 0.5) is 11.4 Å². The second-order valence-corrected chi connectivity index (χ2v) is 7.13. The fourth-order valence-electron chi connectivity index (χ4n) is 3.28. The molecule has 1 saturated carbocycles. The Labute approximate surface area is 154 Å². The Hall–Kier alpha value is -2.37. The van der Waals surface area contributed by atoms with Gasteiger partial charge in [0.15, 0.2) is 0 Å². The first kappa shape index (κ1) is 18.4. The molecule has 0 radical (unpaired) electrons. The molecule has 6 heteroatoms. The van der Waals surface area contributed by atoms with Crippen LogP contribution in [-0.4, -0.2) is 30.8 Å².